The minimum Gasteiger partial charge on any atom is -0.403 e. The molecule has 0 aliphatic heterocycles. The lowest BCUT2D eigenvalue weighted by Gasteiger charge is -2.02. The molecular weight excluding hydrogens is 188 g/mol. The van der Waals surface area contributed by atoms with Crippen LogP contribution < -0.4 is 10.1 Å². The van der Waals surface area contributed by atoms with Crippen LogP contribution in [0.25, 0.3) is 0 Å². The monoisotopic (exact) mass is 196 g/mol. The number of carbonyl (C=O) groups is 1. The molecule has 0 saturated carbocycles. The average molecular weight is 196 g/mol. The number of nitro benzene ring substituents is 1. The Labute approximate surface area is 79.6 Å². The topological polar surface area (TPSA) is 81.5 Å². The SMILES string of the molecule is CNC(=O)Oc1ccccc1[N+](=O)[O-]. The van der Waals surface area contributed by atoms with Crippen molar-refractivity contribution in [3.8, 4) is 5.75 Å². The number of nitro groups is 1. The molecule has 1 amide bonds. The molecule has 0 aromatic heterocycles. The van der Waals surface area contributed by atoms with Gasteiger partial charge < -0.3 is 10.1 Å². The summed E-state index contributed by atoms with van der Waals surface area (Å²) < 4.78 is 4.66. The Morgan fingerprint density at radius 2 is 2.14 bits per heavy atom. The minimum absolute atomic E-state index is 0.0724. The van der Waals surface area contributed by atoms with Gasteiger partial charge in [-0.25, -0.2) is 4.79 Å². The van der Waals surface area contributed by atoms with Crippen LogP contribution in [0.1, 0.15) is 0 Å². The molecule has 0 atom stereocenters. The summed E-state index contributed by atoms with van der Waals surface area (Å²) in [6, 6.07) is 5.66. The Bertz CT molecular complexity index is 364. The number of nitrogens with zero attached hydrogens (tertiary/aromatic N) is 1. The van der Waals surface area contributed by atoms with Gasteiger partial charge in [0.15, 0.2) is 0 Å². The summed E-state index contributed by atoms with van der Waals surface area (Å²) in [4.78, 5) is 20.7. The molecule has 0 aliphatic rings. The molecule has 1 aromatic carbocycles. The Morgan fingerprint density at radius 1 is 1.50 bits per heavy atom. The maximum absolute atomic E-state index is 10.8. The van der Waals surface area contributed by atoms with E-state index >= 15 is 0 Å². The second-order valence-electron chi connectivity index (χ2n) is 2.36. The summed E-state index contributed by atoms with van der Waals surface area (Å²) in [5.41, 5.74) is -0.240. The Kier molecular flexibility index (Phi) is 3.01. The summed E-state index contributed by atoms with van der Waals surface area (Å²) in [5.74, 6) is -0.0724. The third-order valence-corrected chi connectivity index (χ3v) is 1.47. The van der Waals surface area contributed by atoms with Crippen molar-refractivity contribution in [1.82, 2.24) is 5.32 Å². The number of para-hydroxylation sites is 2. The fourth-order valence-electron chi connectivity index (χ4n) is 0.845. The van der Waals surface area contributed by atoms with Gasteiger partial charge in [-0.05, 0) is 6.07 Å². The van der Waals surface area contributed by atoms with E-state index in [0.29, 0.717) is 0 Å². The fraction of sp³-hybridized carbons (Fsp3) is 0.125. The summed E-state index contributed by atoms with van der Waals surface area (Å²) in [6.45, 7) is 0. The number of hydrogen-bond acceptors (Lipinski definition) is 4. The molecule has 0 unspecified atom stereocenters. The number of benzene rings is 1. The first kappa shape index (κ1) is 9.97. The summed E-state index contributed by atoms with van der Waals surface area (Å²) in [7, 11) is 1.37. The van der Waals surface area contributed by atoms with Crippen LogP contribution in [0.2, 0.25) is 0 Å². The minimum atomic E-state index is -0.737. The molecule has 0 aliphatic carbocycles. The maximum atomic E-state index is 10.8. The molecular formula is C8H8N2O4. The standard InChI is InChI=1S/C8H8N2O4/c1-9-8(11)14-7-5-3-2-4-6(7)10(12)13/h2-5H,1H3,(H,9,11). The first-order valence-electron chi connectivity index (χ1n) is 3.78. The number of ether oxygens (including phenoxy) is 1. The van der Waals surface area contributed by atoms with Gasteiger partial charge in [-0.3, -0.25) is 10.1 Å². The first-order chi connectivity index (χ1) is 6.65. The molecule has 1 rings (SSSR count). The van der Waals surface area contributed by atoms with E-state index in [2.05, 4.69) is 10.1 Å². The highest BCUT2D eigenvalue weighted by atomic mass is 16.6. The fourth-order valence-corrected chi connectivity index (χ4v) is 0.845. The second kappa shape index (κ2) is 4.22. The highest BCUT2D eigenvalue weighted by Crippen LogP contribution is 2.25. The van der Waals surface area contributed by atoms with Crippen LogP contribution in [0.3, 0.4) is 0 Å². The summed E-state index contributed by atoms with van der Waals surface area (Å²) in [6.07, 6.45) is -0.737. The van der Waals surface area contributed by atoms with Crippen LogP contribution >= 0.6 is 0 Å². The van der Waals surface area contributed by atoms with E-state index < -0.39 is 11.0 Å². The number of nitrogens with one attached hydrogen (secondary N) is 1. The highest BCUT2D eigenvalue weighted by Gasteiger charge is 2.15. The van der Waals surface area contributed by atoms with Gasteiger partial charge in [0.2, 0.25) is 5.75 Å². The van der Waals surface area contributed by atoms with Crippen LogP contribution in [0.5, 0.6) is 5.75 Å². The zero-order chi connectivity index (χ0) is 10.6. The number of carbonyl (C=O) groups excluding carboxylic acids is 1. The van der Waals surface area contributed by atoms with Crippen molar-refractivity contribution in [3.63, 3.8) is 0 Å². The predicted molar refractivity (Wildman–Crippen MR) is 48.2 cm³/mol. The molecule has 0 radical (unpaired) electrons. The third kappa shape index (κ3) is 2.19. The lowest BCUT2D eigenvalue weighted by molar-refractivity contribution is -0.385. The van der Waals surface area contributed by atoms with Gasteiger partial charge >= 0.3 is 11.8 Å². The van der Waals surface area contributed by atoms with Gasteiger partial charge in [-0.1, -0.05) is 12.1 Å². The molecule has 0 fully saturated rings. The van der Waals surface area contributed by atoms with Crippen molar-refractivity contribution < 1.29 is 14.5 Å². The zero-order valence-electron chi connectivity index (χ0n) is 7.39. The van der Waals surface area contributed by atoms with Gasteiger partial charge in [-0.2, -0.15) is 0 Å². The Morgan fingerprint density at radius 3 is 2.71 bits per heavy atom. The summed E-state index contributed by atoms with van der Waals surface area (Å²) in [5, 5.41) is 12.7. The molecule has 0 heterocycles. The molecule has 1 aromatic rings. The molecule has 6 heteroatoms. The Balaban J connectivity index is 2.95. The van der Waals surface area contributed by atoms with E-state index in [0.717, 1.165) is 0 Å². The molecule has 14 heavy (non-hydrogen) atoms. The van der Waals surface area contributed by atoms with Crippen molar-refractivity contribution in [2.24, 2.45) is 0 Å². The normalized spacial score (nSPS) is 9.21. The first-order valence-corrected chi connectivity index (χ1v) is 3.78. The Hall–Kier alpha value is -2.11. The van der Waals surface area contributed by atoms with E-state index in [4.69, 9.17) is 0 Å². The third-order valence-electron chi connectivity index (χ3n) is 1.47. The number of hydrogen-bond donors (Lipinski definition) is 1. The largest absolute Gasteiger partial charge is 0.412 e. The van der Waals surface area contributed by atoms with Crippen LogP contribution in [-0.2, 0) is 0 Å². The van der Waals surface area contributed by atoms with E-state index in [1.807, 2.05) is 0 Å². The van der Waals surface area contributed by atoms with Gasteiger partial charge in [0.1, 0.15) is 0 Å². The lowest BCUT2D eigenvalue weighted by atomic mass is 10.3. The quantitative estimate of drug-likeness (QED) is 0.571. The van der Waals surface area contributed by atoms with Gasteiger partial charge in [0.05, 0.1) is 4.92 Å². The van der Waals surface area contributed by atoms with E-state index in [1.54, 1.807) is 6.07 Å². The average Bonchev–Trinajstić information content (AvgIpc) is 2.18. The second-order valence-corrected chi connectivity index (χ2v) is 2.36. The van der Waals surface area contributed by atoms with Crippen molar-refractivity contribution in [3.05, 3.63) is 34.4 Å². The number of rotatable bonds is 2. The zero-order valence-corrected chi connectivity index (χ0v) is 7.39. The van der Waals surface area contributed by atoms with Crippen LogP contribution in [0.15, 0.2) is 24.3 Å². The van der Waals surface area contributed by atoms with Crippen LogP contribution in [0.4, 0.5) is 10.5 Å². The van der Waals surface area contributed by atoms with Crippen molar-refractivity contribution in [2.45, 2.75) is 0 Å². The van der Waals surface area contributed by atoms with Gasteiger partial charge in [0, 0.05) is 13.1 Å². The molecule has 6 nitrogen and oxygen atoms in total. The van der Waals surface area contributed by atoms with Gasteiger partial charge in [0.25, 0.3) is 0 Å². The molecule has 74 valence electrons. The van der Waals surface area contributed by atoms with Crippen molar-refractivity contribution >= 4 is 11.8 Å². The molecule has 0 spiro atoms. The smallest absolute Gasteiger partial charge is 0.403 e. The van der Waals surface area contributed by atoms with Crippen molar-refractivity contribution in [2.75, 3.05) is 7.05 Å². The number of amides is 1. The molecule has 0 bridgehead atoms. The van der Waals surface area contributed by atoms with E-state index in [1.165, 1.54) is 25.2 Å². The van der Waals surface area contributed by atoms with Crippen LogP contribution in [-0.4, -0.2) is 18.1 Å². The highest BCUT2D eigenvalue weighted by molar-refractivity contribution is 5.71. The predicted octanol–water partition coefficient (Wildman–Crippen LogP) is 1.31. The lowest BCUT2D eigenvalue weighted by Crippen LogP contribution is -2.22. The van der Waals surface area contributed by atoms with Gasteiger partial charge in [-0.15, -0.1) is 0 Å². The van der Waals surface area contributed by atoms with E-state index in [9.17, 15) is 14.9 Å². The summed E-state index contributed by atoms with van der Waals surface area (Å²) >= 11 is 0. The molecule has 0 saturated heterocycles. The maximum Gasteiger partial charge on any atom is 0.412 e. The van der Waals surface area contributed by atoms with Crippen LogP contribution in [0, 0.1) is 10.1 Å². The molecule has 1 N–H and O–H groups in total. The van der Waals surface area contributed by atoms with Crippen molar-refractivity contribution in [1.29, 1.82) is 0 Å². The van der Waals surface area contributed by atoms with E-state index in [-0.39, 0.29) is 11.4 Å².